The molecular formula is C21H18. The first-order chi connectivity index (χ1) is 10.3. The van der Waals surface area contributed by atoms with Crippen molar-refractivity contribution in [3.63, 3.8) is 0 Å². The Morgan fingerprint density at radius 2 is 1.19 bits per heavy atom. The fourth-order valence-electron chi connectivity index (χ4n) is 3.64. The van der Waals surface area contributed by atoms with Crippen molar-refractivity contribution in [1.82, 2.24) is 0 Å². The molecule has 0 aliphatic heterocycles. The van der Waals surface area contributed by atoms with Gasteiger partial charge in [-0.3, -0.25) is 0 Å². The fourth-order valence-corrected chi connectivity index (χ4v) is 3.64. The SMILES string of the molecule is Cc1ccc(C2c3ccccc3-c3ccccc32)c(C)c1. The summed E-state index contributed by atoms with van der Waals surface area (Å²) in [6.07, 6.45) is 0. The monoisotopic (exact) mass is 270 g/mol. The summed E-state index contributed by atoms with van der Waals surface area (Å²) in [4.78, 5) is 0. The van der Waals surface area contributed by atoms with Crippen LogP contribution in [-0.2, 0) is 0 Å². The van der Waals surface area contributed by atoms with Gasteiger partial charge in [-0.15, -0.1) is 0 Å². The first-order valence-electron chi connectivity index (χ1n) is 7.51. The Hall–Kier alpha value is -2.34. The number of fused-ring (bicyclic) bond motifs is 3. The Kier molecular flexibility index (Phi) is 2.71. The third-order valence-corrected chi connectivity index (χ3v) is 4.57. The maximum Gasteiger partial charge on any atom is 0.0354 e. The van der Waals surface area contributed by atoms with Gasteiger partial charge in [0.15, 0.2) is 0 Å². The van der Waals surface area contributed by atoms with Crippen molar-refractivity contribution in [2.24, 2.45) is 0 Å². The molecule has 0 spiro atoms. The smallest absolute Gasteiger partial charge is 0.0354 e. The van der Waals surface area contributed by atoms with E-state index >= 15 is 0 Å². The number of benzene rings is 3. The Labute approximate surface area is 126 Å². The van der Waals surface area contributed by atoms with Crippen molar-refractivity contribution in [2.45, 2.75) is 19.8 Å². The molecule has 0 amide bonds. The molecule has 3 aromatic rings. The molecule has 1 aliphatic carbocycles. The van der Waals surface area contributed by atoms with Crippen molar-refractivity contribution in [1.29, 1.82) is 0 Å². The molecule has 21 heavy (non-hydrogen) atoms. The topological polar surface area (TPSA) is 0 Å². The Morgan fingerprint density at radius 3 is 1.76 bits per heavy atom. The molecule has 0 heteroatoms. The van der Waals surface area contributed by atoms with Crippen LogP contribution in [0.1, 0.15) is 33.7 Å². The minimum absolute atomic E-state index is 0.373. The van der Waals surface area contributed by atoms with Gasteiger partial charge in [-0.1, -0.05) is 72.3 Å². The molecule has 0 aromatic heterocycles. The van der Waals surface area contributed by atoms with E-state index in [1.54, 1.807) is 0 Å². The van der Waals surface area contributed by atoms with Crippen LogP contribution in [0.3, 0.4) is 0 Å². The third-order valence-electron chi connectivity index (χ3n) is 4.57. The Morgan fingerprint density at radius 1 is 0.619 bits per heavy atom. The van der Waals surface area contributed by atoms with Gasteiger partial charge in [0.25, 0.3) is 0 Å². The Bertz CT molecular complexity index is 781. The minimum atomic E-state index is 0.373. The first-order valence-corrected chi connectivity index (χ1v) is 7.51. The summed E-state index contributed by atoms with van der Waals surface area (Å²) in [6, 6.07) is 24.5. The molecule has 4 rings (SSSR count). The molecule has 0 fully saturated rings. The van der Waals surface area contributed by atoms with Gasteiger partial charge in [-0.25, -0.2) is 0 Å². The molecule has 0 saturated carbocycles. The summed E-state index contributed by atoms with van der Waals surface area (Å²) in [5, 5.41) is 0. The van der Waals surface area contributed by atoms with Gasteiger partial charge in [-0.05, 0) is 47.2 Å². The Balaban J connectivity index is 2.01. The minimum Gasteiger partial charge on any atom is -0.0619 e. The van der Waals surface area contributed by atoms with Gasteiger partial charge in [0.05, 0.1) is 0 Å². The maximum absolute atomic E-state index is 2.30. The zero-order valence-corrected chi connectivity index (χ0v) is 12.4. The predicted molar refractivity (Wildman–Crippen MR) is 88.7 cm³/mol. The molecule has 3 aromatic carbocycles. The highest BCUT2D eigenvalue weighted by Gasteiger charge is 2.29. The number of hydrogen-bond acceptors (Lipinski definition) is 0. The number of hydrogen-bond donors (Lipinski definition) is 0. The summed E-state index contributed by atoms with van der Waals surface area (Å²) in [7, 11) is 0. The summed E-state index contributed by atoms with van der Waals surface area (Å²) < 4.78 is 0. The van der Waals surface area contributed by atoms with Gasteiger partial charge >= 0.3 is 0 Å². The second kappa shape index (κ2) is 4.60. The van der Waals surface area contributed by atoms with E-state index in [2.05, 4.69) is 80.6 Å². The summed E-state index contributed by atoms with van der Waals surface area (Å²) >= 11 is 0. The van der Waals surface area contributed by atoms with Crippen LogP contribution in [0.15, 0.2) is 66.7 Å². The maximum atomic E-state index is 2.30. The van der Waals surface area contributed by atoms with E-state index < -0.39 is 0 Å². The van der Waals surface area contributed by atoms with E-state index in [0.717, 1.165) is 0 Å². The molecule has 0 N–H and O–H groups in total. The van der Waals surface area contributed by atoms with Crippen molar-refractivity contribution in [3.8, 4) is 11.1 Å². The van der Waals surface area contributed by atoms with Gasteiger partial charge in [0.1, 0.15) is 0 Å². The zero-order chi connectivity index (χ0) is 14.4. The molecule has 102 valence electrons. The average molecular weight is 270 g/mol. The van der Waals surface area contributed by atoms with E-state index in [-0.39, 0.29) is 0 Å². The largest absolute Gasteiger partial charge is 0.0619 e. The van der Waals surface area contributed by atoms with Crippen LogP contribution < -0.4 is 0 Å². The van der Waals surface area contributed by atoms with E-state index in [1.165, 1.54) is 38.9 Å². The van der Waals surface area contributed by atoms with E-state index in [1.807, 2.05) is 0 Å². The van der Waals surface area contributed by atoms with Crippen molar-refractivity contribution in [2.75, 3.05) is 0 Å². The highest BCUT2D eigenvalue weighted by Crippen LogP contribution is 2.48. The van der Waals surface area contributed by atoms with Crippen LogP contribution in [0.25, 0.3) is 11.1 Å². The fraction of sp³-hybridized carbons (Fsp3) is 0.143. The molecule has 1 aliphatic rings. The molecule has 0 heterocycles. The highest BCUT2D eigenvalue weighted by molar-refractivity contribution is 5.80. The summed E-state index contributed by atoms with van der Waals surface area (Å²) in [5.41, 5.74) is 9.78. The second-order valence-corrected chi connectivity index (χ2v) is 5.97. The molecule has 0 radical (unpaired) electrons. The number of aryl methyl sites for hydroxylation is 2. The van der Waals surface area contributed by atoms with Crippen LogP contribution in [-0.4, -0.2) is 0 Å². The second-order valence-electron chi connectivity index (χ2n) is 5.97. The lowest BCUT2D eigenvalue weighted by Gasteiger charge is -2.17. The lowest BCUT2D eigenvalue weighted by molar-refractivity contribution is 0.994. The molecule has 0 saturated heterocycles. The lowest BCUT2D eigenvalue weighted by atomic mass is 9.86. The van der Waals surface area contributed by atoms with Crippen LogP contribution >= 0.6 is 0 Å². The van der Waals surface area contributed by atoms with Crippen LogP contribution in [0.4, 0.5) is 0 Å². The van der Waals surface area contributed by atoms with Crippen molar-refractivity contribution < 1.29 is 0 Å². The summed E-state index contributed by atoms with van der Waals surface area (Å²) in [5.74, 6) is 0.373. The van der Waals surface area contributed by atoms with Gasteiger partial charge in [-0.2, -0.15) is 0 Å². The van der Waals surface area contributed by atoms with Crippen LogP contribution in [0.2, 0.25) is 0 Å². The van der Waals surface area contributed by atoms with E-state index in [9.17, 15) is 0 Å². The highest BCUT2D eigenvalue weighted by atomic mass is 14.3. The van der Waals surface area contributed by atoms with E-state index in [0.29, 0.717) is 5.92 Å². The van der Waals surface area contributed by atoms with Gasteiger partial charge in [0, 0.05) is 5.92 Å². The quantitative estimate of drug-likeness (QED) is 0.430. The summed E-state index contributed by atoms with van der Waals surface area (Å²) in [6.45, 7) is 4.39. The molecular weight excluding hydrogens is 252 g/mol. The van der Waals surface area contributed by atoms with E-state index in [4.69, 9.17) is 0 Å². The van der Waals surface area contributed by atoms with Crippen molar-refractivity contribution in [3.05, 3.63) is 94.5 Å². The molecule has 0 atom stereocenters. The van der Waals surface area contributed by atoms with Crippen LogP contribution in [0.5, 0.6) is 0 Å². The molecule has 0 bridgehead atoms. The van der Waals surface area contributed by atoms with Gasteiger partial charge < -0.3 is 0 Å². The van der Waals surface area contributed by atoms with Crippen LogP contribution in [0, 0.1) is 13.8 Å². The normalized spacial score (nSPS) is 13.0. The predicted octanol–water partition coefficient (Wildman–Crippen LogP) is 5.46. The standard InChI is InChI=1S/C21H18/c1-14-11-12-16(15(2)13-14)21-19-9-5-3-7-17(19)18-8-4-6-10-20(18)21/h3-13,21H,1-2H3. The van der Waals surface area contributed by atoms with Gasteiger partial charge in [0.2, 0.25) is 0 Å². The zero-order valence-electron chi connectivity index (χ0n) is 12.4. The first kappa shape index (κ1) is 12.4. The van der Waals surface area contributed by atoms with Crippen molar-refractivity contribution >= 4 is 0 Å². The average Bonchev–Trinajstić information content (AvgIpc) is 2.82. The number of rotatable bonds is 1. The lowest BCUT2D eigenvalue weighted by Crippen LogP contribution is -2.01. The molecule has 0 unspecified atom stereocenters. The molecule has 0 nitrogen and oxygen atoms in total. The third kappa shape index (κ3) is 1.83.